The van der Waals surface area contributed by atoms with E-state index in [2.05, 4.69) is 10.4 Å². The summed E-state index contributed by atoms with van der Waals surface area (Å²) in [6.45, 7) is 4.97. The minimum absolute atomic E-state index is 0.0134. The zero-order valence-corrected chi connectivity index (χ0v) is 9.35. The van der Waals surface area contributed by atoms with Crippen molar-refractivity contribution in [2.24, 2.45) is 0 Å². The van der Waals surface area contributed by atoms with E-state index in [-0.39, 0.29) is 17.8 Å². The van der Waals surface area contributed by atoms with Gasteiger partial charge in [0.2, 0.25) is 0 Å². The Morgan fingerprint density at radius 1 is 1.44 bits per heavy atom. The van der Waals surface area contributed by atoms with Crippen LogP contribution in [0.5, 0.6) is 0 Å². The summed E-state index contributed by atoms with van der Waals surface area (Å²) >= 11 is 0. The zero-order valence-electron chi connectivity index (χ0n) is 9.35. The lowest BCUT2D eigenvalue weighted by Crippen LogP contribution is -2.47. The Balaban J connectivity index is 1.97. The van der Waals surface area contributed by atoms with Crippen LogP contribution in [0.3, 0.4) is 0 Å². The minimum Gasteiger partial charge on any atom is -0.379 e. The van der Waals surface area contributed by atoms with Gasteiger partial charge in [-0.2, -0.15) is 5.10 Å². The van der Waals surface area contributed by atoms with Crippen LogP contribution in [0.25, 0.3) is 0 Å². The maximum atomic E-state index is 12.2. The molecule has 2 fully saturated rings. The maximum absolute atomic E-state index is 12.2. The first kappa shape index (κ1) is 10.0. The van der Waals surface area contributed by atoms with E-state index in [0.29, 0.717) is 6.61 Å². The number of rotatable bonds is 2. The number of aryl methyl sites for hydroxylation is 1. The third kappa shape index (κ3) is 1.41. The van der Waals surface area contributed by atoms with Crippen LogP contribution in [0.1, 0.15) is 24.3 Å². The molecule has 6 nitrogen and oxygen atoms in total. The summed E-state index contributed by atoms with van der Waals surface area (Å²) in [6.07, 6.45) is 0.888. The molecule has 0 aromatic carbocycles. The van der Waals surface area contributed by atoms with E-state index in [1.807, 2.05) is 6.92 Å². The molecule has 1 atom stereocenters. The van der Waals surface area contributed by atoms with Crippen LogP contribution < -0.4 is 11.0 Å². The molecule has 3 heterocycles. The highest BCUT2D eigenvalue weighted by atomic mass is 16.5. The molecule has 6 heteroatoms. The first-order valence-electron chi connectivity index (χ1n) is 5.73. The summed E-state index contributed by atoms with van der Waals surface area (Å²) in [5, 5.41) is 7.53. The van der Waals surface area contributed by atoms with Gasteiger partial charge in [-0.15, -0.1) is 0 Å². The molecule has 2 aliphatic rings. The van der Waals surface area contributed by atoms with Gasteiger partial charge in [0.25, 0.3) is 0 Å². The zero-order chi connectivity index (χ0) is 11.1. The predicted octanol–water partition coefficient (Wildman–Crippen LogP) is -0.541. The van der Waals surface area contributed by atoms with Crippen LogP contribution in [0, 0.1) is 6.92 Å². The smallest absolute Gasteiger partial charge is 0.346 e. The number of nitrogens with zero attached hydrogens (tertiary/aromatic N) is 3. The molecule has 0 aliphatic carbocycles. The third-order valence-corrected chi connectivity index (χ3v) is 3.38. The molecule has 16 heavy (non-hydrogen) atoms. The molecule has 88 valence electrons. The fourth-order valence-electron chi connectivity index (χ4n) is 2.32. The van der Waals surface area contributed by atoms with Crippen LogP contribution in [0.15, 0.2) is 4.79 Å². The second kappa shape index (κ2) is 3.71. The second-order valence-electron chi connectivity index (χ2n) is 4.47. The number of hydrogen-bond donors (Lipinski definition) is 1. The van der Waals surface area contributed by atoms with Gasteiger partial charge < -0.3 is 10.1 Å². The van der Waals surface area contributed by atoms with Crippen molar-refractivity contribution in [3.63, 3.8) is 0 Å². The Morgan fingerprint density at radius 3 is 2.81 bits per heavy atom. The predicted molar refractivity (Wildman–Crippen MR) is 57.6 cm³/mol. The lowest BCUT2D eigenvalue weighted by Gasteiger charge is -2.27. The van der Waals surface area contributed by atoms with Crippen LogP contribution in [0.4, 0.5) is 0 Å². The normalized spacial score (nSPS) is 25.9. The molecule has 0 unspecified atom stereocenters. The van der Waals surface area contributed by atoms with Crippen molar-refractivity contribution in [3.05, 3.63) is 16.3 Å². The summed E-state index contributed by atoms with van der Waals surface area (Å²) in [6, 6.07) is 0.407. The summed E-state index contributed by atoms with van der Waals surface area (Å²) in [7, 11) is 0. The van der Waals surface area contributed by atoms with Crippen LogP contribution in [0.2, 0.25) is 0 Å². The van der Waals surface area contributed by atoms with Gasteiger partial charge >= 0.3 is 5.69 Å². The Bertz CT molecular complexity index is 440. The number of ether oxygens (including phenoxy) is 1. The van der Waals surface area contributed by atoms with Crippen molar-refractivity contribution in [1.82, 2.24) is 19.7 Å². The standard InChI is InChI=1S/C10H16N4O2/c1-7-12-14(8-2-3-16-6-8)10(15)13(7)9-4-11-5-9/h8-9,11H,2-6H2,1H3/t8-/m0/s1. The molecule has 0 spiro atoms. The van der Waals surface area contributed by atoms with Crippen molar-refractivity contribution in [3.8, 4) is 0 Å². The van der Waals surface area contributed by atoms with E-state index in [1.165, 1.54) is 0 Å². The molecule has 2 saturated heterocycles. The van der Waals surface area contributed by atoms with Gasteiger partial charge in [-0.3, -0.25) is 4.57 Å². The fraction of sp³-hybridized carbons (Fsp3) is 0.800. The second-order valence-corrected chi connectivity index (χ2v) is 4.47. The van der Waals surface area contributed by atoms with E-state index in [1.54, 1.807) is 9.25 Å². The van der Waals surface area contributed by atoms with Crippen LogP contribution >= 0.6 is 0 Å². The Kier molecular flexibility index (Phi) is 2.33. The average Bonchev–Trinajstić information content (AvgIpc) is 2.78. The lowest BCUT2D eigenvalue weighted by atomic mass is 10.2. The summed E-state index contributed by atoms with van der Waals surface area (Å²) < 4.78 is 8.69. The highest BCUT2D eigenvalue weighted by Gasteiger charge is 2.28. The van der Waals surface area contributed by atoms with Crippen molar-refractivity contribution in [2.75, 3.05) is 26.3 Å². The van der Waals surface area contributed by atoms with Crippen LogP contribution in [-0.2, 0) is 4.74 Å². The van der Waals surface area contributed by atoms with Crippen molar-refractivity contribution in [2.45, 2.75) is 25.4 Å². The van der Waals surface area contributed by atoms with Gasteiger partial charge in [-0.05, 0) is 13.3 Å². The van der Waals surface area contributed by atoms with Gasteiger partial charge in [0.15, 0.2) is 0 Å². The number of nitrogens with one attached hydrogen (secondary N) is 1. The molecule has 1 aromatic rings. The van der Waals surface area contributed by atoms with Crippen molar-refractivity contribution >= 4 is 0 Å². The van der Waals surface area contributed by atoms with Gasteiger partial charge in [0.05, 0.1) is 18.7 Å². The van der Waals surface area contributed by atoms with E-state index in [4.69, 9.17) is 4.74 Å². The topological polar surface area (TPSA) is 61.1 Å². The largest absolute Gasteiger partial charge is 0.379 e. The van der Waals surface area contributed by atoms with Gasteiger partial charge in [0.1, 0.15) is 5.82 Å². The molecule has 3 rings (SSSR count). The quantitative estimate of drug-likeness (QED) is 0.733. The van der Waals surface area contributed by atoms with E-state index >= 15 is 0 Å². The average molecular weight is 224 g/mol. The molecule has 1 N–H and O–H groups in total. The SMILES string of the molecule is Cc1nn([C@H]2CCOC2)c(=O)n1C1CNC1. The number of aromatic nitrogens is 3. The molecular formula is C10H16N4O2. The first-order chi connectivity index (χ1) is 7.77. The van der Waals surface area contributed by atoms with E-state index in [9.17, 15) is 4.79 Å². The van der Waals surface area contributed by atoms with E-state index in [0.717, 1.165) is 31.9 Å². The first-order valence-corrected chi connectivity index (χ1v) is 5.73. The fourth-order valence-corrected chi connectivity index (χ4v) is 2.32. The van der Waals surface area contributed by atoms with Gasteiger partial charge in [0, 0.05) is 19.7 Å². The highest BCUT2D eigenvalue weighted by molar-refractivity contribution is 4.94. The molecule has 0 amide bonds. The molecule has 0 saturated carbocycles. The van der Waals surface area contributed by atoms with Crippen molar-refractivity contribution in [1.29, 1.82) is 0 Å². The van der Waals surface area contributed by atoms with E-state index < -0.39 is 0 Å². The Labute approximate surface area is 93.2 Å². The molecule has 0 radical (unpaired) electrons. The highest BCUT2D eigenvalue weighted by Crippen LogP contribution is 2.17. The minimum atomic E-state index is 0.0134. The van der Waals surface area contributed by atoms with Gasteiger partial charge in [-0.1, -0.05) is 0 Å². The summed E-state index contributed by atoms with van der Waals surface area (Å²) in [5.41, 5.74) is 0.0134. The third-order valence-electron chi connectivity index (χ3n) is 3.38. The lowest BCUT2D eigenvalue weighted by molar-refractivity contribution is 0.183. The summed E-state index contributed by atoms with van der Waals surface area (Å²) in [5.74, 6) is 0.809. The molecule has 0 bridgehead atoms. The maximum Gasteiger partial charge on any atom is 0.346 e. The number of hydrogen-bond acceptors (Lipinski definition) is 4. The van der Waals surface area contributed by atoms with Gasteiger partial charge in [-0.25, -0.2) is 9.48 Å². The Morgan fingerprint density at radius 2 is 2.25 bits per heavy atom. The van der Waals surface area contributed by atoms with Crippen LogP contribution in [-0.4, -0.2) is 40.7 Å². The Hall–Kier alpha value is -1.14. The van der Waals surface area contributed by atoms with Crippen molar-refractivity contribution < 1.29 is 4.74 Å². The summed E-state index contributed by atoms with van der Waals surface area (Å²) in [4.78, 5) is 12.2. The monoisotopic (exact) mass is 224 g/mol. The molecule has 1 aromatic heterocycles. The molecular weight excluding hydrogens is 208 g/mol. The molecule has 2 aliphatic heterocycles.